The van der Waals surface area contributed by atoms with E-state index in [1.54, 1.807) is 0 Å². The van der Waals surface area contributed by atoms with Crippen molar-refractivity contribution in [1.29, 1.82) is 0 Å². The molecule has 2 aromatic carbocycles. The quantitative estimate of drug-likeness (QED) is 0.890. The molecule has 0 unspecified atom stereocenters. The van der Waals surface area contributed by atoms with Gasteiger partial charge in [-0.1, -0.05) is 28.1 Å². The van der Waals surface area contributed by atoms with E-state index in [-0.39, 0.29) is 12.5 Å². The fourth-order valence-electron chi connectivity index (χ4n) is 1.99. The predicted molar refractivity (Wildman–Crippen MR) is 88.9 cm³/mol. The van der Waals surface area contributed by atoms with Crippen molar-refractivity contribution in [2.24, 2.45) is 0 Å². The van der Waals surface area contributed by atoms with E-state index in [2.05, 4.69) is 21.2 Å². The van der Waals surface area contributed by atoms with E-state index in [1.807, 2.05) is 57.2 Å². The first kappa shape index (κ1) is 15.6. The van der Waals surface area contributed by atoms with Gasteiger partial charge in [0.05, 0.1) is 0 Å². The van der Waals surface area contributed by atoms with Crippen LogP contribution in [0, 0.1) is 20.8 Å². The molecule has 0 aromatic heterocycles. The Hall–Kier alpha value is -1.81. The van der Waals surface area contributed by atoms with Gasteiger partial charge in [-0.2, -0.15) is 0 Å². The summed E-state index contributed by atoms with van der Waals surface area (Å²) in [6.07, 6.45) is 0. The van der Waals surface area contributed by atoms with Crippen molar-refractivity contribution >= 4 is 27.5 Å². The minimum Gasteiger partial charge on any atom is -0.483 e. The third-order valence-electron chi connectivity index (χ3n) is 3.37. The average Bonchev–Trinajstić information content (AvgIpc) is 2.43. The van der Waals surface area contributed by atoms with Gasteiger partial charge in [0.25, 0.3) is 5.91 Å². The molecule has 0 fully saturated rings. The molecule has 0 aliphatic rings. The topological polar surface area (TPSA) is 38.3 Å². The third kappa shape index (κ3) is 4.08. The number of carbonyl (C=O) groups excluding carboxylic acids is 1. The van der Waals surface area contributed by atoms with Gasteiger partial charge in [0.1, 0.15) is 5.75 Å². The number of rotatable bonds is 4. The van der Waals surface area contributed by atoms with Gasteiger partial charge in [-0.3, -0.25) is 4.79 Å². The number of aryl methyl sites for hydroxylation is 2. The van der Waals surface area contributed by atoms with Crippen LogP contribution in [0.4, 0.5) is 5.69 Å². The monoisotopic (exact) mass is 347 g/mol. The Morgan fingerprint density at radius 2 is 1.90 bits per heavy atom. The van der Waals surface area contributed by atoms with Crippen LogP contribution in [0.1, 0.15) is 16.7 Å². The number of hydrogen-bond acceptors (Lipinski definition) is 2. The lowest BCUT2D eigenvalue weighted by Gasteiger charge is -2.12. The summed E-state index contributed by atoms with van der Waals surface area (Å²) in [5.41, 5.74) is 4.04. The van der Waals surface area contributed by atoms with E-state index >= 15 is 0 Å². The van der Waals surface area contributed by atoms with E-state index in [9.17, 15) is 4.79 Å². The SMILES string of the molecule is Cc1cc(Br)ccc1OCC(=O)Nc1cccc(C)c1C. The fourth-order valence-corrected chi connectivity index (χ4v) is 2.47. The summed E-state index contributed by atoms with van der Waals surface area (Å²) >= 11 is 3.40. The summed E-state index contributed by atoms with van der Waals surface area (Å²) in [6, 6.07) is 11.5. The number of amides is 1. The zero-order valence-electron chi connectivity index (χ0n) is 12.4. The second kappa shape index (κ2) is 6.76. The van der Waals surface area contributed by atoms with Gasteiger partial charge >= 0.3 is 0 Å². The maximum atomic E-state index is 12.0. The first-order valence-electron chi connectivity index (χ1n) is 6.72. The molecule has 0 radical (unpaired) electrons. The highest BCUT2D eigenvalue weighted by Crippen LogP contribution is 2.22. The lowest BCUT2D eigenvalue weighted by molar-refractivity contribution is -0.118. The summed E-state index contributed by atoms with van der Waals surface area (Å²) in [5.74, 6) is 0.556. The molecule has 0 heterocycles. The number of anilines is 1. The van der Waals surface area contributed by atoms with Crippen LogP contribution in [0.5, 0.6) is 5.75 Å². The molecule has 4 heteroatoms. The first-order chi connectivity index (χ1) is 9.97. The molecule has 0 saturated heterocycles. The number of ether oxygens (including phenoxy) is 1. The van der Waals surface area contributed by atoms with Crippen LogP contribution in [0.25, 0.3) is 0 Å². The summed E-state index contributed by atoms with van der Waals surface area (Å²) in [7, 11) is 0. The molecule has 21 heavy (non-hydrogen) atoms. The van der Waals surface area contributed by atoms with Gasteiger partial charge in [0, 0.05) is 10.2 Å². The number of hydrogen-bond donors (Lipinski definition) is 1. The molecular weight excluding hydrogens is 330 g/mol. The third-order valence-corrected chi connectivity index (χ3v) is 3.87. The average molecular weight is 348 g/mol. The standard InChI is InChI=1S/C17H18BrNO2/c1-11-5-4-6-15(13(11)3)19-17(20)10-21-16-8-7-14(18)9-12(16)2/h4-9H,10H2,1-3H3,(H,19,20). The number of carbonyl (C=O) groups is 1. The maximum absolute atomic E-state index is 12.0. The molecule has 0 spiro atoms. The number of benzene rings is 2. The molecule has 0 aliphatic heterocycles. The molecule has 1 amide bonds. The molecule has 0 aliphatic carbocycles. The minimum absolute atomic E-state index is 0.00411. The molecule has 3 nitrogen and oxygen atoms in total. The van der Waals surface area contributed by atoms with Gasteiger partial charge < -0.3 is 10.1 Å². The second-order valence-electron chi connectivity index (χ2n) is 4.99. The van der Waals surface area contributed by atoms with Crippen molar-refractivity contribution in [2.45, 2.75) is 20.8 Å². The van der Waals surface area contributed by atoms with Crippen molar-refractivity contribution in [3.05, 3.63) is 57.6 Å². The minimum atomic E-state index is -0.161. The molecule has 0 bridgehead atoms. The van der Waals surface area contributed by atoms with E-state index in [1.165, 1.54) is 0 Å². The fraction of sp³-hybridized carbons (Fsp3) is 0.235. The predicted octanol–water partition coefficient (Wildman–Crippen LogP) is 4.39. The van der Waals surface area contributed by atoms with Crippen LogP contribution in [0.3, 0.4) is 0 Å². The van der Waals surface area contributed by atoms with Gasteiger partial charge in [-0.15, -0.1) is 0 Å². The van der Waals surface area contributed by atoms with E-state index in [4.69, 9.17) is 4.74 Å². The Morgan fingerprint density at radius 1 is 1.14 bits per heavy atom. The normalized spacial score (nSPS) is 10.3. The smallest absolute Gasteiger partial charge is 0.262 e. The van der Waals surface area contributed by atoms with Gasteiger partial charge in [0.15, 0.2) is 6.61 Å². The van der Waals surface area contributed by atoms with Crippen LogP contribution in [0.2, 0.25) is 0 Å². The van der Waals surface area contributed by atoms with Crippen molar-refractivity contribution < 1.29 is 9.53 Å². The highest BCUT2D eigenvalue weighted by molar-refractivity contribution is 9.10. The summed E-state index contributed by atoms with van der Waals surface area (Å²) in [5, 5.41) is 2.88. The highest BCUT2D eigenvalue weighted by Gasteiger charge is 2.08. The zero-order valence-corrected chi connectivity index (χ0v) is 14.0. The Balaban J connectivity index is 1.97. The Kier molecular flexibility index (Phi) is 5.02. The van der Waals surface area contributed by atoms with E-state index in [0.717, 1.165) is 26.9 Å². The number of halogens is 1. The van der Waals surface area contributed by atoms with Crippen molar-refractivity contribution in [1.82, 2.24) is 0 Å². The second-order valence-corrected chi connectivity index (χ2v) is 5.91. The largest absolute Gasteiger partial charge is 0.483 e. The highest BCUT2D eigenvalue weighted by atomic mass is 79.9. The number of nitrogens with one attached hydrogen (secondary N) is 1. The molecule has 1 N–H and O–H groups in total. The van der Waals surface area contributed by atoms with Crippen LogP contribution in [0.15, 0.2) is 40.9 Å². The Bertz CT molecular complexity index is 668. The lowest BCUT2D eigenvalue weighted by atomic mass is 10.1. The molecule has 2 rings (SSSR count). The molecule has 110 valence electrons. The van der Waals surface area contributed by atoms with Crippen LogP contribution in [-0.4, -0.2) is 12.5 Å². The van der Waals surface area contributed by atoms with E-state index < -0.39 is 0 Å². The van der Waals surface area contributed by atoms with Crippen LogP contribution < -0.4 is 10.1 Å². The molecule has 0 atom stereocenters. The summed E-state index contributed by atoms with van der Waals surface area (Å²) < 4.78 is 6.56. The maximum Gasteiger partial charge on any atom is 0.262 e. The van der Waals surface area contributed by atoms with Gasteiger partial charge in [-0.05, 0) is 61.7 Å². The van der Waals surface area contributed by atoms with Crippen LogP contribution in [-0.2, 0) is 4.79 Å². The van der Waals surface area contributed by atoms with Crippen molar-refractivity contribution in [3.63, 3.8) is 0 Å². The van der Waals surface area contributed by atoms with Gasteiger partial charge in [0.2, 0.25) is 0 Å². The molecular formula is C17H18BrNO2. The van der Waals surface area contributed by atoms with Crippen molar-refractivity contribution in [2.75, 3.05) is 11.9 Å². The van der Waals surface area contributed by atoms with Gasteiger partial charge in [-0.25, -0.2) is 0 Å². The first-order valence-corrected chi connectivity index (χ1v) is 7.51. The Morgan fingerprint density at radius 3 is 2.62 bits per heavy atom. The summed E-state index contributed by atoms with van der Waals surface area (Å²) in [4.78, 5) is 12.0. The van der Waals surface area contributed by atoms with Crippen LogP contribution >= 0.6 is 15.9 Å². The van der Waals surface area contributed by atoms with Crippen molar-refractivity contribution in [3.8, 4) is 5.75 Å². The Labute approximate surface area is 133 Å². The molecule has 2 aromatic rings. The zero-order chi connectivity index (χ0) is 15.4. The molecule has 0 saturated carbocycles. The lowest BCUT2D eigenvalue weighted by Crippen LogP contribution is -2.21. The van der Waals surface area contributed by atoms with E-state index in [0.29, 0.717) is 5.75 Å². The summed E-state index contributed by atoms with van der Waals surface area (Å²) in [6.45, 7) is 5.95.